The van der Waals surface area contributed by atoms with Crippen LogP contribution < -0.4 is 14.2 Å². The van der Waals surface area contributed by atoms with Gasteiger partial charge in [-0.25, -0.2) is 21.8 Å². The van der Waals surface area contributed by atoms with Crippen LogP contribution in [0, 0.1) is 6.92 Å². The maximum atomic E-state index is 13.0. The van der Waals surface area contributed by atoms with Crippen LogP contribution in [0.5, 0.6) is 11.5 Å². The van der Waals surface area contributed by atoms with E-state index in [0.717, 1.165) is 17.6 Å². The molecule has 3 aromatic rings. The molecule has 0 saturated heterocycles. The average Bonchev–Trinajstić information content (AvgIpc) is 3.01. The predicted molar refractivity (Wildman–Crippen MR) is 116 cm³/mol. The van der Waals surface area contributed by atoms with E-state index in [1.54, 1.807) is 13.0 Å². The number of anilines is 2. The number of hydrogen-bond acceptors (Lipinski definition) is 8. The molecule has 0 atom stereocenters. The molecule has 0 bridgehead atoms. The third kappa shape index (κ3) is 5.01. The fourth-order valence-electron chi connectivity index (χ4n) is 2.63. The molecule has 160 valence electrons. The second-order valence-electron chi connectivity index (χ2n) is 6.33. The zero-order chi connectivity index (χ0) is 22.1. The number of sulfonamides is 2. The van der Waals surface area contributed by atoms with Gasteiger partial charge in [-0.15, -0.1) is 0 Å². The number of benzene rings is 2. The zero-order valence-electron chi connectivity index (χ0n) is 16.2. The quantitative estimate of drug-likeness (QED) is 0.453. The van der Waals surface area contributed by atoms with Crippen LogP contribution in [0.25, 0.3) is 10.4 Å². The minimum absolute atomic E-state index is 0.0108. The number of nitrogens with one attached hydrogen (secondary N) is 2. The summed E-state index contributed by atoms with van der Waals surface area (Å²) in [6, 6.07) is 10.2. The van der Waals surface area contributed by atoms with Crippen LogP contribution in [0.2, 0.25) is 0 Å². The highest BCUT2D eigenvalue weighted by atomic mass is 32.2. The molecule has 2 aromatic carbocycles. The van der Waals surface area contributed by atoms with Gasteiger partial charge in [0.25, 0.3) is 10.0 Å². The molecule has 1 heterocycles. The third-order valence-corrected chi connectivity index (χ3v) is 7.12. The Bertz CT molecular complexity index is 1280. The van der Waals surface area contributed by atoms with Crippen molar-refractivity contribution in [1.82, 2.24) is 4.98 Å². The van der Waals surface area contributed by atoms with Crippen molar-refractivity contribution in [2.24, 2.45) is 0 Å². The van der Waals surface area contributed by atoms with Crippen molar-refractivity contribution in [2.75, 3.05) is 22.8 Å². The Labute approximate surface area is 178 Å². The number of aromatic hydroxyl groups is 1. The molecule has 0 radical (unpaired) electrons. The largest absolute Gasteiger partial charge is 0.508 e. The van der Waals surface area contributed by atoms with Gasteiger partial charge in [-0.2, -0.15) is 0 Å². The lowest BCUT2D eigenvalue weighted by molar-refractivity contribution is 0.403. The van der Waals surface area contributed by atoms with Gasteiger partial charge >= 0.3 is 0 Å². The van der Waals surface area contributed by atoms with Crippen molar-refractivity contribution in [1.29, 1.82) is 0 Å². The van der Waals surface area contributed by atoms with Crippen LogP contribution in [0.3, 0.4) is 0 Å². The molecule has 0 aliphatic carbocycles. The van der Waals surface area contributed by atoms with Crippen molar-refractivity contribution in [2.45, 2.75) is 11.8 Å². The second kappa shape index (κ2) is 8.13. The monoisotopic (exact) mass is 469 g/mol. The van der Waals surface area contributed by atoms with E-state index in [1.807, 2.05) is 0 Å². The molecule has 0 saturated carbocycles. The Morgan fingerprint density at radius 1 is 1.03 bits per heavy atom. The van der Waals surface area contributed by atoms with Gasteiger partial charge in [0.1, 0.15) is 16.4 Å². The number of ether oxygens (including phenoxy) is 1. The number of aryl methyl sites for hydroxylation is 1. The standard InChI is InChI=1S/C18H19N3O6S3/c1-11-17(28-18(19-11)21-29(3,23)24)12-4-9-15(27-2)16(10-12)30(25,26)20-13-5-7-14(22)8-6-13/h4-10,20,22H,1-3H3,(H,19,21). The smallest absolute Gasteiger partial charge is 0.265 e. The lowest BCUT2D eigenvalue weighted by Crippen LogP contribution is -2.14. The van der Waals surface area contributed by atoms with E-state index in [1.165, 1.54) is 43.5 Å². The van der Waals surface area contributed by atoms with E-state index in [0.29, 0.717) is 16.1 Å². The van der Waals surface area contributed by atoms with Gasteiger partial charge in [0.05, 0.1) is 23.9 Å². The number of nitrogens with zero attached hydrogens (tertiary/aromatic N) is 1. The summed E-state index contributed by atoms with van der Waals surface area (Å²) in [7, 11) is -6.14. The van der Waals surface area contributed by atoms with Crippen LogP contribution in [-0.4, -0.2) is 40.3 Å². The molecule has 0 unspecified atom stereocenters. The molecule has 0 aliphatic heterocycles. The molecule has 9 nitrogen and oxygen atoms in total. The van der Waals surface area contributed by atoms with Gasteiger partial charge in [-0.05, 0) is 55.0 Å². The lowest BCUT2D eigenvalue weighted by Gasteiger charge is -2.13. The predicted octanol–water partition coefficient (Wildman–Crippen LogP) is 3.01. The first-order chi connectivity index (χ1) is 14.0. The highest BCUT2D eigenvalue weighted by molar-refractivity contribution is 7.93. The van der Waals surface area contributed by atoms with Crippen LogP contribution in [0.15, 0.2) is 47.4 Å². The summed E-state index contributed by atoms with van der Waals surface area (Å²) < 4.78 is 58.8. The van der Waals surface area contributed by atoms with Crippen LogP contribution in [0.1, 0.15) is 5.69 Å². The molecule has 0 fully saturated rings. The van der Waals surface area contributed by atoms with E-state index < -0.39 is 20.0 Å². The molecule has 12 heteroatoms. The van der Waals surface area contributed by atoms with E-state index >= 15 is 0 Å². The van der Waals surface area contributed by atoms with Crippen LogP contribution >= 0.6 is 11.3 Å². The third-order valence-electron chi connectivity index (χ3n) is 3.90. The first-order valence-corrected chi connectivity index (χ1v) is 12.6. The first kappa shape index (κ1) is 21.9. The average molecular weight is 470 g/mol. The van der Waals surface area contributed by atoms with E-state index in [4.69, 9.17) is 4.74 Å². The van der Waals surface area contributed by atoms with Crippen molar-refractivity contribution in [3.8, 4) is 21.9 Å². The summed E-state index contributed by atoms with van der Waals surface area (Å²) in [4.78, 5) is 4.71. The Kier molecular flexibility index (Phi) is 5.92. The first-order valence-electron chi connectivity index (χ1n) is 8.44. The van der Waals surface area contributed by atoms with Crippen molar-refractivity contribution >= 4 is 42.2 Å². The summed E-state index contributed by atoms with van der Waals surface area (Å²) in [6.07, 6.45) is 1.02. The van der Waals surface area contributed by atoms with Gasteiger partial charge in [0, 0.05) is 5.69 Å². The summed E-state index contributed by atoms with van der Waals surface area (Å²) in [5.41, 5.74) is 1.36. The number of rotatable bonds is 7. The fourth-order valence-corrected chi connectivity index (χ4v) is 5.69. The van der Waals surface area contributed by atoms with E-state index in [-0.39, 0.29) is 27.2 Å². The molecule has 3 rings (SSSR count). The van der Waals surface area contributed by atoms with Crippen LogP contribution in [0.4, 0.5) is 10.8 Å². The SMILES string of the molecule is COc1ccc(-c2sc(NS(C)(=O)=O)nc2C)cc1S(=O)(=O)Nc1ccc(O)cc1. The Morgan fingerprint density at radius 2 is 1.70 bits per heavy atom. The molecular formula is C18H19N3O6S3. The summed E-state index contributed by atoms with van der Waals surface area (Å²) in [5.74, 6) is 0.151. The zero-order valence-corrected chi connectivity index (χ0v) is 18.7. The molecule has 0 spiro atoms. The lowest BCUT2D eigenvalue weighted by atomic mass is 10.1. The molecule has 1 aromatic heterocycles. The Morgan fingerprint density at radius 3 is 2.30 bits per heavy atom. The van der Waals surface area contributed by atoms with Crippen LogP contribution in [-0.2, 0) is 20.0 Å². The summed E-state index contributed by atoms with van der Waals surface area (Å²) >= 11 is 1.09. The highest BCUT2D eigenvalue weighted by Gasteiger charge is 2.22. The number of phenolic OH excluding ortho intramolecular Hbond substituents is 1. The number of hydrogen-bond donors (Lipinski definition) is 3. The maximum absolute atomic E-state index is 13.0. The van der Waals surface area contributed by atoms with Gasteiger partial charge in [-0.3, -0.25) is 9.44 Å². The van der Waals surface area contributed by atoms with Gasteiger partial charge < -0.3 is 9.84 Å². The van der Waals surface area contributed by atoms with Crippen molar-refractivity contribution < 1.29 is 26.7 Å². The fraction of sp³-hybridized carbons (Fsp3) is 0.167. The number of thiazole rings is 1. The number of methoxy groups -OCH3 is 1. The van der Waals surface area contributed by atoms with Gasteiger partial charge in [-0.1, -0.05) is 11.3 Å². The highest BCUT2D eigenvalue weighted by Crippen LogP contribution is 2.37. The topological polar surface area (TPSA) is 135 Å². The minimum Gasteiger partial charge on any atom is -0.508 e. The molecule has 3 N–H and O–H groups in total. The minimum atomic E-state index is -4.02. The number of aromatic nitrogens is 1. The van der Waals surface area contributed by atoms with Gasteiger partial charge in [0.2, 0.25) is 10.0 Å². The second-order valence-corrected chi connectivity index (χ2v) is 10.7. The van der Waals surface area contributed by atoms with Crippen molar-refractivity contribution in [3.63, 3.8) is 0 Å². The van der Waals surface area contributed by atoms with E-state index in [2.05, 4.69) is 14.4 Å². The Balaban J connectivity index is 2.03. The summed E-state index contributed by atoms with van der Waals surface area (Å²) in [6.45, 7) is 1.70. The molecule has 0 aliphatic rings. The Hall–Kier alpha value is -2.83. The van der Waals surface area contributed by atoms with E-state index in [9.17, 15) is 21.9 Å². The molecule has 30 heavy (non-hydrogen) atoms. The summed E-state index contributed by atoms with van der Waals surface area (Å²) in [5, 5.41) is 9.56. The molecular weight excluding hydrogens is 450 g/mol. The van der Waals surface area contributed by atoms with Crippen molar-refractivity contribution in [3.05, 3.63) is 48.2 Å². The molecule has 0 amide bonds. The maximum Gasteiger partial charge on any atom is 0.265 e. The normalized spacial score (nSPS) is 11.8. The number of phenols is 1. The van der Waals surface area contributed by atoms with Gasteiger partial charge in [0.15, 0.2) is 5.13 Å².